The van der Waals surface area contributed by atoms with Gasteiger partial charge in [-0.1, -0.05) is 206 Å². The van der Waals surface area contributed by atoms with Gasteiger partial charge in [-0.25, -0.2) is 0 Å². The number of rotatable bonds is 11. The number of hydrogen-bond donors (Lipinski definition) is 0. The van der Waals surface area contributed by atoms with Gasteiger partial charge in [-0.15, -0.1) is 0 Å². The lowest BCUT2D eigenvalue weighted by Gasteiger charge is -2.25. The van der Waals surface area contributed by atoms with Crippen molar-refractivity contribution in [2.75, 3.05) is 4.90 Å². The summed E-state index contributed by atoms with van der Waals surface area (Å²) in [5.41, 5.74) is 24.5. The van der Waals surface area contributed by atoms with Crippen molar-refractivity contribution < 1.29 is 0 Å². The molecule has 0 radical (unpaired) electrons. The number of benzene rings is 13. The van der Waals surface area contributed by atoms with Crippen LogP contribution in [0.1, 0.15) is 0 Å². The van der Waals surface area contributed by atoms with E-state index in [0.29, 0.717) is 0 Å². The number of aromatic nitrogens is 2. The molecule has 0 saturated heterocycles. The fourth-order valence-electron chi connectivity index (χ4n) is 12.1. The third-order valence-electron chi connectivity index (χ3n) is 16.1. The predicted molar refractivity (Wildman–Crippen MR) is 342 cm³/mol. The molecule has 0 aliphatic heterocycles. The largest absolute Gasteiger partial charge is 0.311 e. The zero-order valence-electron chi connectivity index (χ0n) is 44.4. The zero-order valence-corrected chi connectivity index (χ0v) is 44.4. The van der Waals surface area contributed by atoms with E-state index >= 15 is 0 Å². The van der Waals surface area contributed by atoms with Gasteiger partial charge in [0.25, 0.3) is 0 Å². The zero-order chi connectivity index (χ0) is 53.6. The molecule has 2 aromatic heterocycles. The van der Waals surface area contributed by atoms with Gasteiger partial charge < -0.3 is 14.0 Å². The molecule has 15 rings (SSSR count). The van der Waals surface area contributed by atoms with Crippen molar-refractivity contribution in [2.45, 2.75) is 0 Å². The molecule has 3 heteroatoms. The van der Waals surface area contributed by atoms with Crippen LogP contribution in [-0.4, -0.2) is 9.13 Å². The van der Waals surface area contributed by atoms with Crippen LogP contribution in [0.2, 0.25) is 0 Å². The first-order valence-electron chi connectivity index (χ1n) is 27.8. The Morgan fingerprint density at radius 1 is 0.173 bits per heavy atom. The molecule has 0 unspecified atom stereocenters. The molecule has 380 valence electrons. The Hall–Kier alpha value is -10.7. The summed E-state index contributed by atoms with van der Waals surface area (Å²) in [6.45, 7) is 0. The van der Waals surface area contributed by atoms with Crippen molar-refractivity contribution in [1.29, 1.82) is 0 Å². The summed E-state index contributed by atoms with van der Waals surface area (Å²) in [6, 6.07) is 117. The van der Waals surface area contributed by atoms with Gasteiger partial charge in [0.05, 0.1) is 22.1 Å². The van der Waals surface area contributed by atoms with Crippen LogP contribution in [0.25, 0.3) is 122 Å². The smallest absolute Gasteiger partial charge is 0.0541 e. The molecular formula is C78H53N3. The third-order valence-corrected chi connectivity index (χ3v) is 16.1. The maximum atomic E-state index is 2.41. The van der Waals surface area contributed by atoms with E-state index < -0.39 is 0 Å². The third kappa shape index (κ3) is 8.75. The van der Waals surface area contributed by atoms with E-state index in [1.807, 2.05) is 0 Å². The molecule has 0 aliphatic rings. The second-order valence-corrected chi connectivity index (χ2v) is 20.9. The fraction of sp³-hybridized carbons (Fsp3) is 0. The lowest BCUT2D eigenvalue weighted by atomic mass is 9.91. The Bertz CT molecular complexity index is 4480. The average molecular weight is 1030 g/mol. The SMILES string of the molecule is c1ccc(-c2ccc(-n3c4ccccc4c4cc(-c5cc(-c6ccc(-c7ccc(N(c8ccccc8)c8ccccc8)cc7)cc6)cc(-c6ccc7c(c6)c6ccccc6n7-c6ccc(-c7ccccc7)cc6)c5)ccc43)cc2)cc1. The van der Waals surface area contributed by atoms with Crippen molar-refractivity contribution in [2.24, 2.45) is 0 Å². The Morgan fingerprint density at radius 3 is 0.852 bits per heavy atom. The highest BCUT2D eigenvalue weighted by molar-refractivity contribution is 6.12. The van der Waals surface area contributed by atoms with Gasteiger partial charge in [-0.3, -0.25) is 0 Å². The molecule has 0 spiro atoms. The summed E-state index contributed by atoms with van der Waals surface area (Å²) in [5, 5.41) is 4.90. The number of hydrogen-bond acceptors (Lipinski definition) is 1. The van der Waals surface area contributed by atoms with Crippen LogP contribution < -0.4 is 4.90 Å². The highest BCUT2D eigenvalue weighted by atomic mass is 15.1. The Labute approximate surface area is 471 Å². The first-order valence-corrected chi connectivity index (χ1v) is 27.8. The Kier molecular flexibility index (Phi) is 11.9. The second kappa shape index (κ2) is 20.2. The molecule has 0 aliphatic carbocycles. The highest BCUT2D eigenvalue weighted by Crippen LogP contribution is 2.42. The van der Waals surface area contributed by atoms with Crippen LogP contribution in [0.5, 0.6) is 0 Å². The Morgan fingerprint density at radius 2 is 0.444 bits per heavy atom. The van der Waals surface area contributed by atoms with Gasteiger partial charge in [-0.2, -0.15) is 0 Å². The lowest BCUT2D eigenvalue weighted by molar-refractivity contribution is 1.18. The first-order chi connectivity index (χ1) is 40.1. The molecule has 81 heavy (non-hydrogen) atoms. The van der Waals surface area contributed by atoms with E-state index in [1.165, 1.54) is 88.1 Å². The molecule has 0 bridgehead atoms. The van der Waals surface area contributed by atoms with Crippen LogP contribution >= 0.6 is 0 Å². The summed E-state index contributed by atoms with van der Waals surface area (Å²) in [4.78, 5) is 2.30. The summed E-state index contributed by atoms with van der Waals surface area (Å²) in [7, 11) is 0. The van der Waals surface area contributed by atoms with Crippen LogP contribution in [0.15, 0.2) is 322 Å². The van der Waals surface area contributed by atoms with Crippen LogP contribution in [0.3, 0.4) is 0 Å². The van der Waals surface area contributed by atoms with Crippen LogP contribution in [0.4, 0.5) is 17.1 Å². The molecule has 13 aromatic carbocycles. The van der Waals surface area contributed by atoms with Crippen molar-refractivity contribution in [3.63, 3.8) is 0 Å². The van der Waals surface area contributed by atoms with Gasteiger partial charge >= 0.3 is 0 Å². The average Bonchev–Trinajstić information content (AvgIpc) is 4.08. The lowest BCUT2D eigenvalue weighted by Crippen LogP contribution is -2.09. The number of fused-ring (bicyclic) bond motifs is 6. The number of para-hydroxylation sites is 4. The molecule has 0 atom stereocenters. The van der Waals surface area contributed by atoms with Crippen LogP contribution in [0, 0.1) is 0 Å². The second-order valence-electron chi connectivity index (χ2n) is 20.9. The van der Waals surface area contributed by atoms with E-state index in [0.717, 1.165) is 50.7 Å². The van der Waals surface area contributed by atoms with Crippen molar-refractivity contribution in [3.8, 4) is 78.1 Å². The van der Waals surface area contributed by atoms with Gasteiger partial charge in [0.2, 0.25) is 0 Å². The molecule has 2 heterocycles. The molecular weight excluding hydrogens is 979 g/mol. The van der Waals surface area contributed by atoms with Gasteiger partial charge in [-0.05, 0) is 182 Å². The van der Waals surface area contributed by atoms with Gasteiger partial charge in [0.15, 0.2) is 0 Å². The maximum absolute atomic E-state index is 2.41. The molecule has 15 aromatic rings. The normalized spacial score (nSPS) is 11.5. The predicted octanol–water partition coefficient (Wildman–Crippen LogP) is 21.4. The van der Waals surface area contributed by atoms with E-state index in [4.69, 9.17) is 0 Å². The number of anilines is 3. The summed E-state index contributed by atoms with van der Waals surface area (Å²) in [6.07, 6.45) is 0. The monoisotopic (exact) mass is 1030 g/mol. The fourth-order valence-corrected chi connectivity index (χ4v) is 12.1. The Balaban J connectivity index is 0.835. The van der Waals surface area contributed by atoms with E-state index in [1.54, 1.807) is 0 Å². The minimum Gasteiger partial charge on any atom is -0.311 e. The van der Waals surface area contributed by atoms with E-state index in [-0.39, 0.29) is 0 Å². The minimum atomic E-state index is 1.11. The summed E-state index contributed by atoms with van der Waals surface area (Å²) >= 11 is 0. The summed E-state index contributed by atoms with van der Waals surface area (Å²) in [5.74, 6) is 0. The number of nitrogens with zero attached hydrogens (tertiary/aromatic N) is 3. The van der Waals surface area contributed by atoms with Gasteiger partial charge in [0, 0.05) is 50.0 Å². The summed E-state index contributed by atoms with van der Waals surface area (Å²) < 4.78 is 4.82. The standard InChI is InChI=1S/C78H53N3/c1-5-17-54(18-6-1)57-35-43-69(44-36-57)80-75-27-15-13-25-71(75)73-52-61(39-47-77(73)80)64-49-63(60-31-29-56(30-32-60)59-33-41-68(42-34-59)79(66-21-9-3-10-22-66)67-23-11-4-12-24-67)50-65(51-64)62-40-48-78-74(53-62)72-26-14-16-28-76(72)81(78)70-45-37-58(38-46-70)55-19-7-2-8-20-55/h1-53H. The van der Waals surface area contributed by atoms with Gasteiger partial charge in [0.1, 0.15) is 0 Å². The van der Waals surface area contributed by atoms with E-state index in [9.17, 15) is 0 Å². The van der Waals surface area contributed by atoms with Crippen molar-refractivity contribution in [3.05, 3.63) is 322 Å². The molecule has 0 fully saturated rings. The van der Waals surface area contributed by atoms with Crippen molar-refractivity contribution in [1.82, 2.24) is 9.13 Å². The maximum Gasteiger partial charge on any atom is 0.0541 e. The van der Waals surface area contributed by atoms with E-state index in [2.05, 4.69) is 336 Å². The molecule has 0 N–H and O–H groups in total. The van der Waals surface area contributed by atoms with Crippen LogP contribution in [-0.2, 0) is 0 Å². The topological polar surface area (TPSA) is 13.1 Å². The molecule has 0 amide bonds. The minimum absolute atomic E-state index is 1.11. The first kappa shape index (κ1) is 47.5. The molecule has 3 nitrogen and oxygen atoms in total. The quantitative estimate of drug-likeness (QED) is 0.126. The molecule has 0 saturated carbocycles. The van der Waals surface area contributed by atoms with Crippen molar-refractivity contribution >= 4 is 60.7 Å². The highest BCUT2D eigenvalue weighted by Gasteiger charge is 2.18.